The van der Waals surface area contributed by atoms with E-state index in [-0.39, 0.29) is 23.7 Å². The Balaban J connectivity index is 1.86. The Morgan fingerprint density at radius 2 is 1.87 bits per heavy atom. The fourth-order valence-electron chi connectivity index (χ4n) is 2.72. The third-order valence-corrected chi connectivity index (χ3v) is 5.85. The number of rotatable bonds is 1. The predicted octanol–water partition coefficient (Wildman–Crippen LogP) is 4.72. The first-order chi connectivity index (χ1) is 11.1. The van der Waals surface area contributed by atoms with Gasteiger partial charge in [0, 0.05) is 27.2 Å². The summed E-state index contributed by atoms with van der Waals surface area (Å²) in [6, 6.07) is 12.9. The molecule has 2 aromatic carbocycles. The highest BCUT2D eigenvalue weighted by Crippen LogP contribution is 2.43. The van der Waals surface area contributed by atoms with Gasteiger partial charge in [0.1, 0.15) is 11.5 Å². The summed E-state index contributed by atoms with van der Waals surface area (Å²) in [4.78, 5) is 15.2. The maximum atomic E-state index is 12.5. The molecule has 1 aliphatic rings. The lowest BCUT2D eigenvalue weighted by molar-refractivity contribution is 0.0987. The fourth-order valence-corrected chi connectivity index (χ4v) is 4.64. The van der Waals surface area contributed by atoms with Gasteiger partial charge in [-0.3, -0.25) is 4.79 Å². The second kappa shape index (κ2) is 5.44. The van der Waals surface area contributed by atoms with Crippen LogP contribution in [0.3, 0.4) is 0 Å². The molecule has 0 unspecified atom stereocenters. The van der Waals surface area contributed by atoms with Crippen LogP contribution in [0.15, 0.2) is 57.6 Å². The molecule has 3 nitrogen and oxygen atoms in total. The monoisotopic (exact) mass is 340 g/mol. The van der Waals surface area contributed by atoms with E-state index in [1.165, 1.54) is 28.8 Å². The van der Waals surface area contributed by atoms with Crippen molar-refractivity contribution in [1.29, 1.82) is 0 Å². The van der Waals surface area contributed by atoms with Gasteiger partial charge >= 0.3 is 0 Å². The van der Waals surface area contributed by atoms with Crippen molar-refractivity contribution >= 4 is 28.9 Å². The number of benzene rings is 2. The van der Waals surface area contributed by atoms with Crippen LogP contribution in [0, 0.1) is 0 Å². The number of Topliss-reactive ketones (excluding diaryl/α,β-unsaturated/α-hetero) is 1. The van der Waals surface area contributed by atoms with Gasteiger partial charge in [0.25, 0.3) is 0 Å². The summed E-state index contributed by atoms with van der Waals surface area (Å²) in [6.45, 7) is 0. The van der Waals surface area contributed by atoms with Crippen molar-refractivity contribution in [2.45, 2.75) is 16.2 Å². The molecule has 0 fully saturated rings. The van der Waals surface area contributed by atoms with E-state index in [0.717, 1.165) is 16.0 Å². The number of thiophene rings is 1. The second-order valence-corrected chi connectivity index (χ2v) is 7.37. The second-order valence-electron chi connectivity index (χ2n) is 5.34. The molecular formula is C18H12O3S2. The Morgan fingerprint density at radius 1 is 1.00 bits per heavy atom. The number of hydrogen-bond acceptors (Lipinski definition) is 5. The molecule has 0 atom stereocenters. The zero-order valence-electron chi connectivity index (χ0n) is 11.9. The summed E-state index contributed by atoms with van der Waals surface area (Å²) in [5.74, 6) is -0.337. The first kappa shape index (κ1) is 14.4. The molecule has 0 radical (unpaired) electrons. The molecule has 0 saturated carbocycles. The first-order valence-electron chi connectivity index (χ1n) is 7.05. The minimum Gasteiger partial charge on any atom is -0.508 e. The van der Waals surface area contributed by atoms with Crippen LogP contribution >= 0.6 is 23.1 Å². The van der Waals surface area contributed by atoms with Crippen LogP contribution in [0.5, 0.6) is 11.5 Å². The van der Waals surface area contributed by atoms with E-state index < -0.39 is 0 Å². The number of hydrogen-bond donors (Lipinski definition) is 2. The lowest BCUT2D eigenvalue weighted by Gasteiger charge is -2.08. The number of phenols is 2. The zero-order chi connectivity index (χ0) is 16.0. The van der Waals surface area contributed by atoms with E-state index in [1.54, 1.807) is 11.3 Å². The largest absolute Gasteiger partial charge is 0.508 e. The van der Waals surface area contributed by atoms with E-state index >= 15 is 0 Å². The van der Waals surface area contributed by atoms with Crippen LogP contribution in [-0.4, -0.2) is 16.0 Å². The molecule has 0 aliphatic carbocycles. The first-order valence-corrected chi connectivity index (χ1v) is 8.75. The predicted molar refractivity (Wildman–Crippen MR) is 91.7 cm³/mol. The number of carbonyl (C=O) groups is 1. The standard InChI is InChI=1S/C18H12O3S2/c19-12-8-14(21)18-13(20)6-10-3-4-11(15-2-1-5-22-15)7-16(10)23-17(18)9-12/h1-5,7-9,19,21H,6H2. The van der Waals surface area contributed by atoms with Crippen molar-refractivity contribution in [1.82, 2.24) is 0 Å². The Morgan fingerprint density at radius 3 is 2.65 bits per heavy atom. The Bertz CT molecular complexity index is 914. The average molecular weight is 340 g/mol. The molecule has 3 aromatic rings. The van der Waals surface area contributed by atoms with E-state index in [9.17, 15) is 15.0 Å². The van der Waals surface area contributed by atoms with Gasteiger partial charge in [0.2, 0.25) is 0 Å². The summed E-state index contributed by atoms with van der Waals surface area (Å²) in [6.07, 6.45) is 0.248. The van der Waals surface area contributed by atoms with Crippen molar-refractivity contribution in [3.05, 3.63) is 59.0 Å². The molecule has 114 valence electrons. The minimum atomic E-state index is -0.163. The van der Waals surface area contributed by atoms with Crippen LogP contribution < -0.4 is 0 Å². The van der Waals surface area contributed by atoms with Gasteiger partial charge in [-0.15, -0.1) is 11.3 Å². The number of ketones is 1. The van der Waals surface area contributed by atoms with Crippen molar-refractivity contribution in [2.75, 3.05) is 0 Å². The topological polar surface area (TPSA) is 57.5 Å². The average Bonchev–Trinajstić information content (AvgIpc) is 2.98. The van der Waals surface area contributed by atoms with Crippen LogP contribution in [0.25, 0.3) is 10.4 Å². The summed E-state index contributed by atoms with van der Waals surface area (Å²) in [5, 5.41) is 21.8. The van der Waals surface area contributed by atoms with Gasteiger partial charge < -0.3 is 10.2 Å². The SMILES string of the molecule is O=C1Cc2ccc(-c3cccs3)cc2Sc2cc(O)cc(O)c21. The molecule has 1 aliphatic heterocycles. The molecule has 0 saturated heterocycles. The van der Waals surface area contributed by atoms with Crippen LogP contribution in [-0.2, 0) is 6.42 Å². The van der Waals surface area contributed by atoms with Crippen LogP contribution in [0.2, 0.25) is 0 Å². The van der Waals surface area contributed by atoms with Crippen molar-refractivity contribution < 1.29 is 15.0 Å². The molecule has 4 rings (SSSR count). The van der Waals surface area contributed by atoms with Gasteiger partial charge in [-0.2, -0.15) is 0 Å². The van der Waals surface area contributed by atoms with E-state index in [4.69, 9.17) is 0 Å². The number of fused-ring (bicyclic) bond motifs is 2. The minimum absolute atomic E-state index is 0.0422. The molecule has 0 bridgehead atoms. The highest BCUT2D eigenvalue weighted by Gasteiger charge is 2.24. The molecule has 0 spiro atoms. The summed E-state index contributed by atoms with van der Waals surface area (Å²) in [5.41, 5.74) is 2.34. The van der Waals surface area contributed by atoms with Gasteiger partial charge in [-0.05, 0) is 34.7 Å². The van der Waals surface area contributed by atoms with Crippen LogP contribution in [0.4, 0.5) is 0 Å². The number of phenolic OH excluding ortho intramolecular Hbond substituents is 2. The fraction of sp³-hybridized carbons (Fsp3) is 0.0556. The maximum absolute atomic E-state index is 12.5. The normalized spacial score (nSPS) is 13.3. The number of carbonyl (C=O) groups excluding carboxylic acids is 1. The van der Waals surface area contributed by atoms with Gasteiger partial charge in [0.15, 0.2) is 5.78 Å². The molecule has 5 heteroatoms. The summed E-state index contributed by atoms with van der Waals surface area (Å²) < 4.78 is 0. The third-order valence-electron chi connectivity index (χ3n) is 3.79. The Kier molecular flexibility index (Phi) is 3.39. The quantitative estimate of drug-likeness (QED) is 0.673. The van der Waals surface area contributed by atoms with Gasteiger partial charge in [-0.25, -0.2) is 0 Å². The van der Waals surface area contributed by atoms with E-state index in [2.05, 4.69) is 12.1 Å². The summed E-state index contributed by atoms with van der Waals surface area (Å²) >= 11 is 3.08. The van der Waals surface area contributed by atoms with E-state index in [1.807, 2.05) is 23.6 Å². The zero-order valence-corrected chi connectivity index (χ0v) is 13.6. The Labute approximate surface area is 141 Å². The smallest absolute Gasteiger partial charge is 0.172 e. The number of aromatic hydroxyl groups is 2. The molecule has 1 aromatic heterocycles. The highest BCUT2D eigenvalue weighted by atomic mass is 32.2. The van der Waals surface area contributed by atoms with Gasteiger partial charge in [0.05, 0.1) is 5.56 Å². The van der Waals surface area contributed by atoms with Gasteiger partial charge in [-0.1, -0.05) is 30.0 Å². The molecule has 2 heterocycles. The molecule has 0 amide bonds. The summed E-state index contributed by atoms with van der Waals surface area (Å²) in [7, 11) is 0. The Hall–Kier alpha value is -2.24. The molecule has 2 N–H and O–H groups in total. The van der Waals surface area contributed by atoms with Crippen molar-refractivity contribution in [3.8, 4) is 21.9 Å². The lowest BCUT2D eigenvalue weighted by Crippen LogP contribution is -2.03. The third kappa shape index (κ3) is 2.52. The van der Waals surface area contributed by atoms with Crippen molar-refractivity contribution in [2.24, 2.45) is 0 Å². The molecule has 23 heavy (non-hydrogen) atoms. The van der Waals surface area contributed by atoms with Crippen molar-refractivity contribution in [3.63, 3.8) is 0 Å². The highest BCUT2D eigenvalue weighted by molar-refractivity contribution is 7.99. The van der Waals surface area contributed by atoms with Crippen LogP contribution in [0.1, 0.15) is 15.9 Å². The lowest BCUT2D eigenvalue weighted by atomic mass is 10.0. The maximum Gasteiger partial charge on any atom is 0.172 e. The van der Waals surface area contributed by atoms with E-state index in [0.29, 0.717) is 10.5 Å². The molecular weight excluding hydrogens is 328 g/mol.